The molecule has 0 aromatic heterocycles. The summed E-state index contributed by atoms with van der Waals surface area (Å²) >= 11 is 0. The van der Waals surface area contributed by atoms with Crippen molar-refractivity contribution in [1.82, 2.24) is 0 Å². The summed E-state index contributed by atoms with van der Waals surface area (Å²) in [5.41, 5.74) is 4.84. The number of carboxylic acid groups (broad SMARTS) is 2. The molecule has 1 atom stereocenters. The van der Waals surface area contributed by atoms with E-state index in [4.69, 9.17) is 15.9 Å². The third-order valence-electron chi connectivity index (χ3n) is 2.37. The van der Waals surface area contributed by atoms with E-state index in [9.17, 15) is 9.59 Å². The molecule has 102 valence electrons. The molecular weight excluding hydrogens is 269 g/mol. The van der Waals surface area contributed by atoms with Crippen LogP contribution in [-0.4, -0.2) is 57.8 Å². The van der Waals surface area contributed by atoms with E-state index >= 15 is 0 Å². The van der Waals surface area contributed by atoms with Crippen LogP contribution >= 0.6 is 0 Å². The molecule has 2 rings (SSSR count). The van der Waals surface area contributed by atoms with Crippen molar-refractivity contribution in [1.29, 1.82) is 0 Å². The summed E-state index contributed by atoms with van der Waals surface area (Å²) < 4.78 is 0. The molecule has 5 nitrogen and oxygen atoms in total. The van der Waals surface area contributed by atoms with Crippen molar-refractivity contribution in [3.8, 4) is 0 Å². The van der Waals surface area contributed by atoms with Gasteiger partial charge in [-0.15, -0.1) is 0 Å². The fourth-order valence-corrected chi connectivity index (χ4v) is 1.41. The van der Waals surface area contributed by atoms with Crippen LogP contribution in [0.3, 0.4) is 0 Å². The van der Waals surface area contributed by atoms with Crippen LogP contribution in [0.4, 0.5) is 0 Å². The minimum absolute atomic E-state index is 0. The second kappa shape index (κ2) is 9.50. The summed E-state index contributed by atoms with van der Waals surface area (Å²) in [4.78, 5) is 19.6. The van der Waals surface area contributed by atoms with Gasteiger partial charge in [-0.1, -0.05) is 48.5 Å². The first kappa shape index (κ1) is 18.6. The van der Waals surface area contributed by atoms with E-state index in [2.05, 4.69) is 48.5 Å². The van der Waals surface area contributed by atoms with Gasteiger partial charge in [-0.2, -0.15) is 0 Å². The third kappa shape index (κ3) is 6.68. The molecule has 0 aliphatic rings. The standard InChI is InChI=1S/C10H8.C4H7NO4.Na.H/c1-2-6-10-8-4-3-7-9(10)5-1;5-2(4(8)9)1-3(6)7;;/h1-8H;2H,1,5H2,(H,6,7)(H,8,9);;. The molecule has 0 bridgehead atoms. The van der Waals surface area contributed by atoms with E-state index in [1.807, 2.05) is 0 Å². The number of aliphatic carboxylic acids is 2. The molecule has 0 spiro atoms. The van der Waals surface area contributed by atoms with Crippen LogP contribution in [0.15, 0.2) is 48.5 Å². The average molecular weight is 285 g/mol. The first-order valence-electron chi connectivity index (χ1n) is 5.64. The van der Waals surface area contributed by atoms with Crippen LogP contribution in [0.25, 0.3) is 10.8 Å². The SMILES string of the molecule is NC(CC(=O)O)C(=O)O.[NaH].c1ccc2ccccc2c1. The topological polar surface area (TPSA) is 101 Å². The summed E-state index contributed by atoms with van der Waals surface area (Å²) in [7, 11) is 0. The molecule has 2 aromatic rings. The molecule has 4 N–H and O–H groups in total. The van der Waals surface area contributed by atoms with Gasteiger partial charge >= 0.3 is 41.5 Å². The van der Waals surface area contributed by atoms with E-state index in [-0.39, 0.29) is 29.6 Å². The van der Waals surface area contributed by atoms with Gasteiger partial charge < -0.3 is 15.9 Å². The maximum Gasteiger partial charge on any atom is -0.0184 e. The molecule has 0 saturated heterocycles. The van der Waals surface area contributed by atoms with Crippen molar-refractivity contribution >= 4 is 52.3 Å². The summed E-state index contributed by atoms with van der Waals surface area (Å²) in [6.45, 7) is 0. The molecule has 0 heterocycles. The Hall–Kier alpha value is -1.40. The maximum absolute atomic E-state index is 9.85. The Morgan fingerprint density at radius 2 is 1.30 bits per heavy atom. The third-order valence-corrected chi connectivity index (χ3v) is 2.37. The van der Waals surface area contributed by atoms with Gasteiger partial charge in [0.1, 0.15) is 6.04 Å². The molecule has 0 radical (unpaired) electrons. The minimum Gasteiger partial charge on any atom is -0.0616 e. The first-order valence-corrected chi connectivity index (χ1v) is 5.64. The van der Waals surface area contributed by atoms with Crippen molar-refractivity contribution in [3.05, 3.63) is 48.5 Å². The van der Waals surface area contributed by atoms with E-state index in [0.717, 1.165) is 0 Å². The number of rotatable bonds is 3. The molecule has 0 amide bonds. The fraction of sp³-hybridized carbons (Fsp3) is 0.143. The van der Waals surface area contributed by atoms with Gasteiger partial charge in [0.05, 0.1) is 6.42 Å². The van der Waals surface area contributed by atoms with E-state index < -0.39 is 24.4 Å². The van der Waals surface area contributed by atoms with Gasteiger partial charge in [0, 0.05) is 0 Å². The summed E-state index contributed by atoms with van der Waals surface area (Å²) in [5, 5.41) is 18.7. The quantitative estimate of drug-likeness (QED) is 0.732. The smallest absolute Gasteiger partial charge is 0.0184 e. The van der Waals surface area contributed by atoms with Crippen LogP contribution in [0.5, 0.6) is 0 Å². The Kier molecular flexibility index (Phi) is 8.83. The van der Waals surface area contributed by atoms with Gasteiger partial charge in [-0.3, -0.25) is 9.59 Å². The molecule has 1 unspecified atom stereocenters. The largest absolute Gasteiger partial charge is 0.0616 e. The summed E-state index contributed by atoms with van der Waals surface area (Å²) in [6, 6.07) is 15.4. The number of hydrogen-bond acceptors (Lipinski definition) is 3. The normalized spacial score (nSPS) is 10.7. The zero-order chi connectivity index (χ0) is 14.3. The van der Waals surface area contributed by atoms with Crippen molar-refractivity contribution in [2.24, 2.45) is 5.73 Å². The van der Waals surface area contributed by atoms with Crippen molar-refractivity contribution in [2.75, 3.05) is 0 Å². The van der Waals surface area contributed by atoms with E-state index in [1.54, 1.807) is 0 Å². The molecular formula is C14H16NNaO4. The zero-order valence-electron chi connectivity index (χ0n) is 10.2. The second-order valence-corrected chi connectivity index (χ2v) is 3.89. The van der Waals surface area contributed by atoms with Crippen molar-refractivity contribution in [2.45, 2.75) is 12.5 Å². The van der Waals surface area contributed by atoms with E-state index in [1.165, 1.54) is 10.8 Å². The molecule has 20 heavy (non-hydrogen) atoms. The molecule has 0 aliphatic carbocycles. The molecule has 0 aliphatic heterocycles. The van der Waals surface area contributed by atoms with Crippen LogP contribution in [0.1, 0.15) is 6.42 Å². The fourth-order valence-electron chi connectivity index (χ4n) is 1.41. The first-order chi connectivity index (χ1) is 9.00. The Morgan fingerprint density at radius 3 is 1.50 bits per heavy atom. The van der Waals surface area contributed by atoms with Crippen LogP contribution in [0, 0.1) is 0 Å². The number of carboxylic acids is 2. The number of benzene rings is 2. The molecule has 0 saturated carbocycles. The number of fused-ring (bicyclic) bond motifs is 1. The van der Waals surface area contributed by atoms with Gasteiger partial charge in [0.25, 0.3) is 0 Å². The number of carbonyl (C=O) groups is 2. The van der Waals surface area contributed by atoms with Gasteiger partial charge in [-0.25, -0.2) is 0 Å². The Labute approximate surface area is 138 Å². The van der Waals surface area contributed by atoms with E-state index in [0.29, 0.717) is 0 Å². The van der Waals surface area contributed by atoms with Crippen LogP contribution in [0.2, 0.25) is 0 Å². The zero-order valence-corrected chi connectivity index (χ0v) is 10.2. The second-order valence-electron chi connectivity index (χ2n) is 3.89. The predicted octanol–water partition coefficient (Wildman–Crippen LogP) is 1.06. The molecule has 2 aromatic carbocycles. The monoisotopic (exact) mass is 285 g/mol. The Bertz CT molecular complexity index is 508. The molecule has 6 heteroatoms. The van der Waals surface area contributed by atoms with Gasteiger partial charge in [-0.05, 0) is 10.8 Å². The van der Waals surface area contributed by atoms with Crippen molar-refractivity contribution in [3.63, 3.8) is 0 Å². The maximum atomic E-state index is 9.85. The summed E-state index contributed by atoms with van der Waals surface area (Å²) in [6.07, 6.45) is -0.532. The van der Waals surface area contributed by atoms with Crippen LogP contribution in [-0.2, 0) is 9.59 Å². The summed E-state index contributed by atoms with van der Waals surface area (Å²) in [5.74, 6) is -2.50. The number of nitrogens with two attached hydrogens (primary N) is 1. The Balaban J connectivity index is 0.000000347. The number of hydrogen-bond donors (Lipinski definition) is 3. The van der Waals surface area contributed by atoms with Crippen molar-refractivity contribution < 1.29 is 19.8 Å². The minimum atomic E-state index is -1.29. The van der Waals surface area contributed by atoms with Gasteiger partial charge in [0.2, 0.25) is 0 Å². The molecule has 0 fully saturated rings. The Morgan fingerprint density at radius 1 is 0.950 bits per heavy atom. The predicted molar refractivity (Wildman–Crippen MR) is 79.0 cm³/mol. The van der Waals surface area contributed by atoms with Gasteiger partial charge in [0.15, 0.2) is 0 Å². The van der Waals surface area contributed by atoms with Crippen LogP contribution < -0.4 is 5.73 Å². The average Bonchev–Trinajstić information content (AvgIpc) is 2.39.